The summed E-state index contributed by atoms with van der Waals surface area (Å²) in [7, 11) is -3.01. The van der Waals surface area contributed by atoms with Crippen molar-refractivity contribution in [3.63, 3.8) is 0 Å². The van der Waals surface area contributed by atoms with Crippen molar-refractivity contribution in [3.8, 4) is 0 Å². The van der Waals surface area contributed by atoms with Crippen molar-refractivity contribution in [2.45, 2.75) is 39.3 Å². The van der Waals surface area contributed by atoms with Crippen LogP contribution in [-0.4, -0.2) is 43.4 Å². The normalized spacial score (nSPS) is 22.7. The maximum Gasteiger partial charge on any atom is 0.222 e. The second-order valence-electron chi connectivity index (χ2n) is 5.44. The summed E-state index contributed by atoms with van der Waals surface area (Å²) >= 11 is 1.57. The molecule has 1 fully saturated rings. The van der Waals surface area contributed by atoms with Crippen LogP contribution in [0.1, 0.15) is 35.0 Å². The molecule has 21 heavy (non-hydrogen) atoms. The van der Waals surface area contributed by atoms with Gasteiger partial charge in [-0.15, -0.1) is 11.3 Å². The summed E-state index contributed by atoms with van der Waals surface area (Å²) in [6, 6.07) is -0.399. The van der Waals surface area contributed by atoms with E-state index in [1.54, 1.807) is 11.3 Å². The van der Waals surface area contributed by atoms with Crippen LogP contribution in [0.25, 0.3) is 0 Å². The molecule has 2 atom stereocenters. The first-order valence-corrected chi connectivity index (χ1v) is 9.58. The fourth-order valence-corrected chi connectivity index (χ4v) is 4.91. The SMILES string of the molecule is Cc1nc(C)c(C(C)NC(=O)CC2CS(=O)(=O)CCN2)s1. The number of thiazole rings is 1. The zero-order chi connectivity index (χ0) is 15.6. The first-order chi connectivity index (χ1) is 9.77. The number of carbonyl (C=O) groups excluding carboxylic acids is 1. The molecule has 0 aromatic carbocycles. The lowest BCUT2D eigenvalue weighted by Gasteiger charge is -2.23. The Labute approximate surface area is 129 Å². The number of aromatic nitrogens is 1. The molecule has 2 heterocycles. The number of nitrogens with zero attached hydrogens (tertiary/aromatic N) is 1. The molecule has 0 radical (unpaired) electrons. The number of hydrogen-bond donors (Lipinski definition) is 2. The van der Waals surface area contributed by atoms with Gasteiger partial charge < -0.3 is 10.6 Å². The van der Waals surface area contributed by atoms with E-state index in [4.69, 9.17) is 0 Å². The van der Waals surface area contributed by atoms with Gasteiger partial charge in [0.05, 0.1) is 28.2 Å². The van der Waals surface area contributed by atoms with Crippen molar-refractivity contribution < 1.29 is 13.2 Å². The zero-order valence-corrected chi connectivity index (χ0v) is 14.1. The monoisotopic (exact) mass is 331 g/mol. The van der Waals surface area contributed by atoms with E-state index in [1.165, 1.54) is 0 Å². The van der Waals surface area contributed by atoms with E-state index < -0.39 is 9.84 Å². The van der Waals surface area contributed by atoms with Gasteiger partial charge in [0.15, 0.2) is 9.84 Å². The largest absolute Gasteiger partial charge is 0.349 e. The molecule has 0 bridgehead atoms. The molecule has 1 amide bonds. The second-order valence-corrected chi connectivity index (χ2v) is 8.90. The van der Waals surface area contributed by atoms with Crippen molar-refractivity contribution in [1.82, 2.24) is 15.6 Å². The van der Waals surface area contributed by atoms with Gasteiger partial charge in [0, 0.05) is 23.9 Å². The highest BCUT2D eigenvalue weighted by Gasteiger charge is 2.26. The van der Waals surface area contributed by atoms with Crippen LogP contribution in [0.4, 0.5) is 0 Å². The molecule has 0 saturated carbocycles. The predicted molar refractivity (Wildman–Crippen MR) is 83.2 cm³/mol. The standard InChI is InChI=1S/C13H21N3O3S2/c1-8-13(20-10(3)15-8)9(2)16-12(17)6-11-7-21(18,19)5-4-14-11/h9,11,14H,4-7H2,1-3H3,(H,16,17). The van der Waals surface area contributed by atoms with E-state index in [0.29, 0.717) is 6.54 Å². The highest BCUT2D eigenvalue weighted by Crippen LogP contribution is 2.24. The molecule has 2 N–H and O–H groups in total. The smallest absolute Gasteiger partial charge is 0.222 e. The van der Waals surface area contributed by atoms with Crippen molar-refractivity contribution in [2.75, 3.05) is 18.1 Å². The van der Waals surface area contributed by atoms with Gasteiger partial charge in [-0.25, -0.2) is 13.4 Å². The number of sulfone groups is 1. The highest BCUT2D eigenvalue weighted by molar-refractivity contribution is 7.91. The molecule has 1 aromatic heterocycles. The molecule has 0 aliphatic carbocycles. The zero-order valence-electron chi connectivity index (χ0n) is 12.5. The van der Waals surface area contributed by atoms with E-state index in [9.17, 15) is 13.2 Å². The van der Waals surface area contributed by atoms with Gasteiger partial charge in [-0.2, -0.15) is 0 Å². The first-order valence-electron chi connectivity index (χ1n) is 6.94. The second kappa shape index (κ2) is 6.41. The fourth-order valence-electron chi connectivity index (χ4n) is 2.54. The fraction of sp³-hybridized carbons (Fsp3) is 0.692. The van der Waals surface area contributed by atoms with Gasteiger partial charge in [-0.05, 0) is 20.8 Å². The minimum atomic E-state index is -3.01. The van der Waals surface area contributed by atoms with Crippen molar-refractivity contribution in [3.05, 3.63) is 15.6 Å². The summed E-state index contributed by atoms with van der Waals surface area (Å²) in [6.07, 6.45) is 0.181. The Balaban J connectivity index is 1.91. The van der Waals surface area contributed by atoms with Crippen LogP contribution in [0.5, 0.6) is 0 Å². The number of hydrogen-bond acceptors (Lipinski definition) is 6. The number of rotatable bonds is 4. The maximum absolute atomic E-state index is 12.1. The van der Waals surface area contributed by atoms with Gasteiger partial charge in [-0.1, -0.05) is 0 Å². The van der Waals surface area contributed by atoms with Crippen LogP contribution >= 0.6 is 11.3 Å². The van der Waals surface area contributed by atoms with E-state index in [0.717, 1.165) is 15.6 Å². The minimum Gasteiger partial charge on any atom is -0.349 e. The first kappa shape index (κ1) is 16.4. The van der Waals surface area contributed by atoms with Gasteiger partial charge in [0.2, 0.25) is 5.91 Å². The molecular weight excluding hydrogens is 310 g/mol. The number of amides is 1. The molecule has 118 valence electrons. The van der Waals surface area contributed by atoms with Crippen LogP contribution in [0.3, 0.4) is 0 Å². The third-order valence-corrected chi connectivity index (χ3v) is 6.44. The van der Waals surface area contributed by atoms with Crippen LogP contribution in [0.15, 0.2) is 0 Å². The third kappa shape index (κ3) is 4.49. The summed E-state index contributed by atoms with van der Waals surface area (Å²) in [6.45, 7) is 6.20. The average molecular weight is 331 g/mol. The number of carbonyl (C=O) groups is 1. The molecule has 6 nitrogen and oxygen atoms in total. The maximum atomic E-state index is 12.1. The topological polar surface area (TPSA) is 88.2 Å². The lowest BCUT2D eigenvalue weighted by Crippen LogP contribution is -2.47. The Hall–Kier alpha value is -0.990. The summed E-state index contributed by atoms with van der Waals surface area (Å²) in [4.78, 5) is 17.5. The highest BCUT2D eigenvalue weighted by atomic mass is 32.2. The summed E-state index contributed by atoms with van der Waals surface area (Å²) in [5.41, 5.74) is 0.934. The number of nitrogens with one attached hydrogen (secondary N) is 2. The van der Waals surface area contributed by atoms with Gasteiger partial charge in [0.25, 0.3) is 0 Å². The Morgan fingerprint density at radius 3 is 2.81 bits per heavy atom. The van der Waals surface area contributed by atoms with Crippen LogP contribution in [0, 0.1) is 13.8 Å². The van der Waals surface area contributed by atoms with E-state index in [1.807, 2.05) is 20.8 Å². The molecule has 1 aromatic rings. The molecule has 1 aliphatic heterocycles. The summed E-state index contributed by atoms with van der Waals surface area (Å²) < 4.78 is 23.1. The van der Waals surface area contributed by atoms with Crippen LogP contribution in [0.2, 0.25) is 0 Å². The van der Waals surface area contributed by atoms with Gasteiger partial charge in [-0.3, -0.25) is 4.79 Å². The molecule has 1 aliphatic rings. The van der Waals surface area contributed by atoms with Crippen molar-refractivity contribution >= 4 is 27.1 Å². The molecule has 0 spiro atoms. The van der Waals surface area contributed by atoms with E-state index in [-0.39, 0.29) is 35.9 Å². The minimum absolute atomic E-state index is 0.0352. The average Bonchev–Trinajstić information content (AvgIpc) is 2.66. The van der Waals surface area contributed by atoms with Gasteiger partial charge >= 0.3 is 0 Å². The van der Waals surface area contributed by atoms with Crippen LogP contribution < -0.4 is 10.6 Å². The Bertz CT molecular complexity index is 625. The van der Waals surface area contributed by atoms with E-state index >= 15 is 0 Å². The molecule has 8 heteroatoms. The predicted octanol–water partition coefficient (Wildman–Crippen LogP) is 0.714. The molecule has 2 rings (SSSR count). The Kier molecular flexibility index (Phi) is 5.00. The molecule has 2 unspecified atom stereocenters. The quantitative estimate of drug-likeness (QED) is 0.848. The third-order valence-electron chi connectivity index (χ3n) is 3.44. The Morgan fingerprint density at radius 2 is 2.24 bits per heavy atom. The number of aryl methyl sites for hydroxylation is 2. The molecular formula is C13H21N3O3S2. The lowest BCUT2D eigenvalue weighted by molar-refractivity contribution is -0.122. The summed E-state index contributed by atoms with van der Waals surface area (Å²) in [5, 5.41) is 6.98. The molecule has 1 saturated heterocycles. The lowest BCUT2D eigenvalue weighted by atomic mass is 10.2. The summed E-state index contributed by atoms with van der Waals surface area (Å²) in [5.74, 6) is 0.0523. The van der Waals surface area contributed by atoms with Gasteiger partial charge in [0.1, 0.15) is 0 Å². The van der Waals surface area contributed by atoms with E-state index in [2.05, 4.69) is 15.6 Å². The van der Waals surface area contributed by atoms with Crippen LogP contribution in [-0.2, 0) is 14.6 Å². The van der Waals surface area contributed by atoms with Crippen molar-refractivity contribution in [2.24, 2.45) is 0 Å². The Morgan fingerprint density at radius 1 is 1.52 bits per heavy atom. The van der Waals surface area contributed by atoms with Crippen molar-refractivity contribution in [1.29, 1.82) is 0 Å².